The Kier molecular flexibility index (Phi) is 8.52. The van der Waals surface area contributed by atoms with Crippen molar-refractivity contribution in [3.8, 4) is 0 Å². The molecule has 2 heterocycles. The minimum atomic E-state index is -3.52. The summed E-state index contributed by atoms with van der Waals surface area (Å²) in [5.74, 6) is 0.257. The fourth-order valence-electron chi connectivity index (χ4n) is 3.40. The standard InChI is InChI=1S/C22H30N4O4S2/c1-18-19(2)26(14-15-30-3)22(23-18)31-17-21(27)24-10-12-25(13-11-24)32(28,29)16-9-20-7-5-4-6-8-20/h4-9,16H,10-15,17H2,1-3H3/b16-9+. The van der Waals surface area contributed by atoms with Gasteiger partial charge >= 0.3 is 0 Å². The molecule has 0 aliphatic carbocycles. The Hall–Kier alpha value is -2.14. The quantitative estimate of drug-likeness (QED) is 0.515. The lowest BCUT2D eigenvalue weighted by atomic mass is 10.2. The number of methoxy groups -OCH3 is 1. The summed E-state index contributed by atoms with van der Waals surface area (Å²) >= 11 is 1.41. The Bertz CT molecular complexity index is 1040. The lowest BCUT2D eigenvalue weighted by Gasteiger charge is -2.33. The summed E-state index contributed by atoms with van der Waals surface area (Å²) in [6.07, 6.45) is 1.60. The van der Waals surface area contributed by atoms with Crippen molar-refractivity contribution in [3.05, 3.63) is 52.7 Å². The van der Waals surface area contributed by atoms with Crippen LogP contribution in [0.1, 0.15) is 17.0 Å². The molecule has 1 aliphatic rings. The fourth-order valence-corrected chi connectivity index (χ4v) is 5.60. The zero-order chi connectivity index (χ0) is 23.1. The van der Waals surface area contributed by atoms with Crippen LogP contribution < -0.4 is 0 Å². The van der Waals surface area contributed by atoms with Gasteiger partial charge in [0.05, 0.1) is 18.1 Å². The summed E-state index contributed by atoms with van der Waals surface area (Å²) in [5, 5.41) is 2.04. The molecular formula is C22H30N4O4S2. The highest BCUT2D eigenvalue weighted by Gasteiger charge is 2.27. The van der Waals surface area contributed by atoms with Crippen LogP contribution in [0.15, 0.2) is 40.9 Å². The number of hydrogen-bond acceptors (Lipinski definition) is 6. The molecule has 0 unspecified atom stereocenters. The zero-order valence-electron chi connectivity index (χ0n) is 18.7. The SMILES string of the molecule is COCCn1c(SCC(=O)N2CCN(S(=O)(=O)/C=C/c3ccccc3)CC2)nc(C)c1C. The molecule has 3 rings (SSSR count). The molecule has 0 atom stereocenters. The first-order valence-electron chi connectivity index (χ1n) is 10.5. The largest absolute Gasteiger partial charge is 0.383 e. The van der Waals surface area contributed by atoms with Gasteiger partial charge in [-0.25, -0.2) is 13.4 Å². The van der Waals surface area contributed by atoms with Crippen LogP contribution in [0, 0.1) is 13.8 Å². The molecule has 0 radical (unpaired) electrons. The van der Waals surface area contributed by atoms with Crippen LogP contribution in [0.25, 0.3) is 6.08 Å². The van der Waals surface area contributed by atoms with Gasteiger partial charge in [0.15, 0.2) is 5.16 Å². The summed E-state index contributed by atoms with van der Waals surface area (Å²) in [7, 11) is -1.86. The Morgan fingerprint density at radius 3 is 2.50 bits per heavy atom. The number of carbonyl (C=O) groups is 1. The van der Waals surface area contributed by atoms with E-state index in [0.717, 1.165) is 22.1 Å². The third-order valence-corrected chi connectivity index (χ3v) is 7.98. The van der Waals surface area contributed by atoms with Crippen molar-refractivity contribution in [1.82, 2.24) is 18.8 Å². The molecular weight excluding hydrogens is 448 g/mol. The van der Waals surface area contributed by atoms with E-state index in [9.17, 15) is 13.2 Å². The van der Waals surface area contributed by atoms with Gasteiger partial charge in [-0.1, -0.05) is 42.1 Å². The third-order valence-electron chi connectivity index (χ3n) is 5.45. The number of sulfonamides is 1. The van der Waals surface area contributed by atoms with E-state index in [4.69, 9.17) is 4.74 Å². The fraction of sp³-hybridized carbons (Fsp3) is 0.455. The molecule has 1 saturated heterocycles. The van der Waals surface area contributed by atoms with Gasteiger partial charge in [-0.05, 0) is 25.5 Å². The monoisotopic (exact) mass is 478 g/mol. The molecule has 0 spiro atoms. The van der Waals surface area contributed by atoms with Crippen LogP contribution in [0.4, 0.5) is 0 Å². The molecule has 1 aliphatic heterocycles. The number of imidazole rings is 1. The van der Waals surface area contributed by atoms with E-state index in [1.807, 2.05) is 44.2 Å². The smallest absolute Gasteiger partial charge is 0.236 e. The van der Waals surface area contributed by atoms with Crippen LogP contribution in [0.2, 0.25) is 0 Å². The summed E-state index contributed by atoms with van der Waals surface area (Å²) in [6, 6.07) is 9.31. The average molecular weight is 479 g/mol. The summed E-state index contributed by atoms with van der Waals surface area (Å²) in [4.78, 5) is 19.0. The van der Waals surface area contributed by atoms with Crippen LogP contribution in [0.5, 0.6) is 0 Å². The number of rotatable bonds is 9. The number of thioether (sulfide) groups is 1. The number of nitrogens with zero attached hydrogens (tertiary/aromatic N) is 4. The number of amides is 1. The second-order valence-corrected chi connectivity index (χ2v) is 10.3. The Labute approximate surface area is 194 Å². The lowest BCUT2D eigenvalue weighted by molar-refractivity contribution is -0.129. The number of aromatic nitrogens is 2. The highest BCUT2D eigenvalue weighted by molar-refractivity contribution is 7.99. The van der Waals surface area contributed by atoms with Crippen molar-refractivity contribution in [1.29, 1.82) is 0 Å². The minimum Gasteiger partial charge on any atom is -0.383 e. The van der Waals surface area contributed by atoms with Crippen molar-refractivity contribution in [2.45, 2.75) is 25.5 Å². The van der Waals surface area contributed by atoms with Crippen molar-refractivity contribution in [3.63, 3.8) is 0 Å². The second-order valence-electron chi connectivity index (χ2n) is 7.54. The van der Waals surface area contributed by atoms with Gasteiger partial charge in [0.2, 0.25) is 15.9 Å². The third kappa shape index (κ3) is 6.22. The number of ether oxygens (including phenoxy) is 1. The van der Waals surface area contributed by atoms with E-state index < -0.39 is 10.0 Å². The van der Waals surface area contributed by atoms with Crippen molar-refractivity contribution < 1.29 is 17.9 Å². The number of aryl methyl sites for hydroxylation is 1. The first-order valence-corrected chi connectivity index (χ1v) is 13.0. The van der Waals surface area contributed by atoms with E-state index in [2.05, 4.69) is 9.55 Å². The highest BCUT2D eigenvalue weighted by Crippen LogP contribution is 2.22. The Balaban J connectivity index is 1.52. The first kappa shape index (κ1) is 24.5. The molecule has 0 saturated carbocycles. The van der Waals surface area contributed by atoms with Crippen molar-refractivity contribution in [2.75, 3.05) is 45.6 Å². The van der Waals surface area contributed by atoms with Crippen LogP contribution in [-0.4, -0.2) is 78.7 Å². The average Bonchev–Trinajstić information content (AvgIpc) is 3.08. The van der Waals surface area contributed by atoms with Crippen LogP contribution in [0.3, 0.4) is 0 Å². The summed E-state index contributed by atoms with van der Waals surface area (Å²) in [5.41, 5.74) is 2.84. The zero-order valence-corrected chi connectivity index (χ0v) is 20.4. The van der Waals surface area contributed by atoms with E-state index in [1.165, 1.54) is 21.5 Å². The van der Waals surface area contributed by atoms with Crippen LogP contribution >= 0.6 is 11.8 Å². The van der Waals surface area contributed by atoms with E-state index in [1.54, 1.807) is 18.1 Å². The molecule has 32 heavy (non-hydrogen) atoms. The van der Waals surface area contributed by atoms with E-state index >= 15 is 0 Å². The first-order chi connectivity index (χ1) is 15.3. The second kappa shape index (κ2) is 11.1. The lowest BCUT2D eigenvalue weighted by Crippen LogP contribution is -2.50. The van der Waals surface area contributed by atoms with E-state index in [-0.39, 0.29) is 11.7 Å². The van der Waals surface area contributed by atoms with Crippen molar-refractivity contribution >= 4 is 33.8 Å². The number of carbonyl (C=O) groups excluding carboxylic acids is 1. The summed E-state index contributed by atoms with van der Waals surface area (Å²) in [6.45, 7) is 6.57. The van der Waals surface area contributed by atoms with E-state index in [0.29, 0.717) is 39.3 Å². The van der Waals surface area contributed by atoms with Gasteiger partial charge in [-0.2, -0.15) is 4.31 Å². The number of piperazine rings is 1. The molecule has 0 bridgehead atoms. The van der Waals surface area contributed by atoms with Gasteiger partial charge in [-0.15, -0.1) is 0 Å². The predicted octanol–water partition coefficient (Wildman–Crippen LogP) is 2.38. The molecule has 2 aromatic rings. The minimum absolute atomic E-state index is 0.0107. The van der Waals surface area contributed by atoms with Gasteiger partial charge in [0.1, 0.15) is 0 Å². The van der Waals surface area contributed by atoms with Gasteiger partial charge in [-0.3, -0.25) is 4.79 Å². The van der Waals surface area contributed by atoms with Crippen LogP contribution in [-0.2, 0) is 26.1 Å². The maximum absolute atomic E-state index is 12.7. The molecule has 174 valence electrons. The summed E-state index contributed by atoms with van der Waals surface area (Å²) < 4.78 is 33.9. The Morgan fingerprint density at radius 2 is 1.84 bits per heavy atom. The van der Waals surface area contributed by atoms with Gasteiger partial charge in [0, 0.05) is 50.9 Å². The van der Waals surface area contributed by atoms with Gasteiger partial charge < -0.3 is 14.2 Å². The molecule has 1 aromatic carbocycles. The molecule has 1 amide bonds. The number of benzene rings is 1. The molecule has 1 aromatic heterocycles. The molecule has 0 N–H and O–H groups in total. The molecule has 1 fully saturated rings. The topological polar surface area (TPSA) is 84.7 Å². The maximum Gasteiger partial charge on any atom is 0.236 e. The number of hydrogen-bond donors (Lipinski definition) is 0. The molecule has 8 nitrogen and oxygen atoms in total. The van der Waals surface area contributed by atoms with Crippen molar-refractivity contribution in [2.24, 2.45) is 0 Å². The van der Waals surface area contributed by atoms with Gasteiger partial charge in [0.25, 0.3) is 0 Å². The maximum atomic E-state index is 12.7. The predicted molar refractivity (Wildman–Crippen MR) is 127 cm³/mol. The normalized spacial score (nSPS) is 15.5. The molecule has 10 heteroatoms. The highest BCUT2D eigenvalue weighted by atomic mass is 32.2. The Morgan fingerprint density at radius 1 is 1.16 bits per heavy atom.